The molecule has 0 amide bonds. The lowest BCUT2D eigenvalue weighted by atomic mass is 10.3. The lowest BCUT2D eigenvalue weighted by Crippen LogP contribution is -2.15. The lowest BCUT2D eigenvalue weighted by Gasteiger charge is -1.94. The Kier molecular flexibility index (Phi) is 2.53. The zero-order valence-corrected chi connectivity index (χ0v) is 9.42. The summed E-state index contributed by atoms with van der Waals surface area (Å²) in [5.74, 6) is 0. The Morgan fingerprint density at radius 3 is 2.27 bits per heavy atom. The van der Waals surface area contributed by atoms with E-state index in [-0.39, 0.29) is 0 Å². The maximum absolute atomic E-state index is 5.32. The Morgan fingerprint density at radius 2 is 1.91 bits per heavy atom. The van der Waals surface area contributed by atoms with Crippen LogP contribution < -0.4 is 5.19 Å². The molecule has 0 saturated heterocycles. The second kappa shape index (κ2) is 3.25. The summed E-state index contributed by atoms with van der Waals surface area (Å²) in [5, 5.41) is 1.50. The minimum atomic E-state index is -0.400. The standard InChI is InChI=1S/C9H12SSi/c1-5-11-9-6(2)7(3)10-8(9)4/h1H,11H2,2-4H3. The first-order valence-electron chi connectivity index (χ1n) is 3.65. The Balaban J connectivity index is 3.14. The summed E-state index contributed by atoms with van der Waals surface area (Å²) >= 11 is 1.87. The summed E-state index contributed by atoms with van der Waals surface area (Å²) in [4.78, 5) is 2.87. The maximum atomic E-state index is 5.32. The van der Waals surface area contributed by atoms with Crippen LogP contribution >= 0.6 is 11.3 Å². The molecule has 0 radical (unpaired) electrons. The maximum Gasteiger partial charge on any atom is 0.139 e. The van der Waals surface area contributed by atoms with Crippen LogP contribution in [0.4, 0.5) is 0 Å². The van der Waals surface area contributed by atoms with Crippen molar-refractivity contribution in [1.29, 1.82) is 0 Å². The van der Waals surface area contributed by atoms with Crippen molar-refractivity contribution >= 4 is 26.0 Å². The van der Waals surface area contributed by atoms with Crippen molar-refractivity contribution in [2.24, 2.45) is 0 Å². The molecule has 0 fully saturated rings. The quantitative estimate of drug-likeness (QED) is 0.448. The molecule has 0 aliphatic rings. The van der Waals surface area contributed by atoms with Crippen LogP contribution in [0, 0.1) is 32.7 Å². The number of aryl methyl sites for hydroxylation is 2. The predicted molar refractivity (Wildman–Crippen MR) is 55.5 cm³/mol. The molecule has 0 nitrogen and oxygen atoms in total. The normalized spacial score (nSPS) is 10.7. The van der Waals surface area contributed by atoms with Gasteiger partial charge < -0.3 is 0 Å². The van der Waals surface area contributed by atoms with E-state index in [2.05, 4.69) is 26.3 Å². The van der Waals surface area contributed by atoms with Gasteiger partial charge in [-0.1, -0.05) is 0 Å². The van der Waals surface area contributed by atoms with Gasteiger partial charge in [-0.25, -0.2) is 0 Å². The van der Waals surface area contributed by atoms with E-state index in [4.69, 9.17) is 6.42 Å². The third-order valence-electron chi connectivity index (χ3n) is 1.99. The fourth-order valence-electron chi connectivity index (χ4n) is 1.20. The highest BCUT2D eigenvalue weighted by molar-refractivity contribution is 7.13. The minimum Gasteiger partial charge on any atom is -0.146 e. The van der Waals surface area contributed by atoms with E-state index in [1.165, 1.54) is 20.5 Å². The van der Waals surface area contributed by atoms with Crippen LogP contribution in [0.1, 0.15) is 15.3 Å². The SMILES string of the molecule is C#C[SiH2]c1c(C)sc(C)c1C. The Bertz CT molecular complexity index is 304. The van der Waals surface area contributed by atoms with E-state index >= 15 is 0 Å². The molecule has 2 heteroatoms. The van der Waals surface area contributed by atoms with E-state index in [9.17, 15) is 0 Å². The molecule has 0 atom stereocenters. The van der Waals surface area contributed by atoms with Gasteiger partial charge in [-0.15, -0.1) is 23.3 Å². The Labute approximate surface area is 74.5 Å². The van der Waals surface area contributed by atoms with Crippen molar-refractivity contribution < 1.29 is 0 Å². The monoisotopic (exact) mass is 180 g/mol. The number of terminal acetylenes is 1. The van der Waals surface area contributed by atoms with Gasteiger partial charge >= 0.3 is 0 Å². The molecular weight excluding hydrogens is 168 g/mol. The summed E-state index contributed by atoms with van der Waals surface area (Å²) in [6.07, 6.45) is 5.32. The van der Waals surface area contributed by atoms with E-state index in [0.29, 0.717) is 0 Å². The van der Waals surface area contributed by atoms with Crippen LogP contribution in [0.2, 0.25) is 0 Å². The largest absolute Gasteiger partial charge is 0.146 e. The van der Waals surface area contributed by atoms with E-state index in [1.807, 2.05) is 11.3 Å². The molecule has 0 N–H and O–H groups in total. The zero-order chi connectivity index (χ0) is 8.43. The van der Waals surface area contributed by atoms with Crippen LogP contribution in [0.25, 0.3) is 0 Å². The first-order chi connectivity index (χ1) is 5.16. The zero-order valence-electron chi connectivity index (χ0n) is 7.19. The van der Waals surface area contributed by atoms with Crippen LogP contribution in [-0.2, 0) is 0 Å². The van der Waals surface area contributed by atoms with Gasteiger partial charge in [0.25, 0.3) is 0 Å². The second-order valence-corrected chi connectivity index (χ2v) is 5.60. The number of thiophene rings is 1. The molecule has 0 bridgehead atoms. The lowest BCUT2D eigenvalue weighted by molar-refractivity contribution is 1.46. The molecule has 0 saturated carbocycles. The predicted octanol–water partition coefficient (Wildman–Crippen LogP) is 1.06. The summed E-state index contributed by atoms with van der Waals surface area (Å²) in [5.41, 5.74) is 4.27. The smallest absolute Gasteiger partial charge is 0.139 e. The van der Waals surface area contributed by atoms with E-state index in [1.54, 1.807) is 0 Å². The molecule has 1 heterocycles. The second-order valence-electron chi connectivity index (χ2n) is 2.70. The van der Waals surface area contributed by atoms with Crippen molar-refractivity contribution in [3.05, 3.63) is 15.3 Å². The van der Waals surface area contributed by atoms with Crippen molar-refractivity contribution in [1.82, 2.24) is 0 Å². The van der Waals surface area contributed by atoms with Gasteiger partial charge in [-0.2, -0.15) is 0 Å². The summed E-state index contributed by atoms with van der Waals surface area (Å²) in [7, 11) is -0.400. The van der Waals surface area contributed by atoms with E-state index < -0.39 is 9.52 Å². The first kappa shape index (κ1) is 8.57. The molecule has 1 aromatic heterocycles. The molecular formula is C9H12SSi. The van der Waals surface area contributed by atoms with Crippen LogP contribution in [0.3, 0.4) is 0 Å². The van der Waals surface area contributed by atoms with Crippen molar-refractivity contribution in [2.45, 2.75) is 20.8 Å². The average Bonchev–Trinajstić information content (AvgIpc) is 2.17. The summed E-state index contributed by atoms with van der Waals surface area (Å²) in [6, 6.07) is 0. The number of hydrogen-bond donors (Lipinski definition) is 0. The van der Waals surface area contributed by atoms with Crippen molar-refractivity contribution in [2.75, 3.05) is 0 Å². The topological polar surface area (TPSA) is 0 Å². The average molecular weight is 180 g/mol. The molecule has 0 aliphatic heterocycles. The molecule has 0 unspecified atom stereocenters. The molecule has 0 aromatic carbocycles. The minimum absolute atomic E-state index is 0.400. The number of rotatable bonds is 1. The Hall–Kier alpha value is -0.523. The van der Waals surface area contributed by atoms with Crippen LogP contribution in [-0.4, -0.2) is 9.52 Å². The van der Waals surface area contributed by atoms with Gasteiger partial charge in [-0.3, -0.25) is 0 Å². The van der Waals surface area contributed by atoms with Gasteiger partial charge in [0.15, 0.2) is 0 Å². The molecule has 11 heavy (non-hydrogen) atoms. The fourth-order valence-corrected chi connectivity index (χ4v) is 3.76. The molecule has 58 valence electrons. The van der Waals surface area contributed by atoms with Crippen molar-refractivity contribution in [3.63, 3.8) is 0 Å². The van der Waals surface area contributed by atoms with Crippen LogP contribution in [0.15, 0.2) is 0 Å². The third kappa shape index (κ3) is 1.55. The first-order valence-corrected chi connectivity index (χ1v) is 5.88. The van der Waals surface area contributed by atoms with Crippen LogP contribution in [0.5, 0.6) is 0 Å². The van der Waals surface area contributed by atoms with Gasteiger partial charge in [0, 0.05) is 9.75 Å². The highest BCUT2D eigenvalue weighted by Crippen LogP contribution is 2.16. The van der Waals surface area contributed by atoms with Crippen molar-refractivity contribution in [3.8, 4) is 12.0 Å². The molecule has 0 spiro atoms. The summed E-state index contributed by atoms with van der Waals surface area (Å²) in [6.45, 7) is 6.52. The fraction of sp³-hybridized carbons (Fsp3) is 0.333. The third-order valence-corrected chi connectivity index (χ3v) is 5.03. The molecule has 1 aromatic rings. The highest BCUT2D eigenvalue weighted by Gasteiger charge is 2.07. The van der Waals surface area contributed by atoms with E-state index in [0.717, 1.165) is 0 Å². The molecule has 0 aliphatic carbocycles. The van der Waals surface area contributed by atoms with Gasteiger partial charge in [0.1, 0.15) is 9.52 Å². The van der Waals surface area contributed by atoms with Gasteiger partial charge in [0.05, 0.1) is 0 Å². The van der Waals surface area contributed by atoms with Gasteiger partial charge in [-0.05, 0) is 31.5 Å². The van der Waals surface area contributed by atoms with Gasteiger partial charge in [0.2, 0.25) is 0 Å². The Morgan fingerprint density at radius 1 is 1.27 bits per heavy atom. The highest BCUT2D eigenvalue weighted by atomic mass is 32.1. The molecule has 1 rings (SSSR count). The summed E-state index contributed by atoms with van der Waals surface area (Å²) < 4.78 is 0. The number of hydrogen-bond acceptors (Lipinski definition) is 1.